The highest BCUT2D eigenvalue weighted by Crippen LogP contribution is 2.68. The quantitative estimate of drug-likeness (QED) is 0.609. The first kappa shape index (κ1) is 17.9. The summed E-state index contributed by atoms with van der Waals surface area (Å²) in [5.41, 5.74) is -0.0939. The van der Waals surface area contributed by atoms with Crippen LogP contribution in [0.2, 0.25) is 0 Å². The SMILES string of the molecule is C#CC(C)(O)[C@H]1CCC2C3CC[C@H]4C[C@@H](C)CC[C@]4(C)C3CC[C@@]21C. The Kier molecular flexibility index (Phi) is 4.12. The van der Waals surface area contributed by atoms with Crippen LogP contribution in [0.4, 0.5) is 0 Å². The second-order valence-electron chi connectivity index (χ2n) is 11.0. The van der Waals surface area contributed by atoms with Crippen molar-refractivity contribution >= 4 is 0 Å². The van der Waals surface area contributed by atoms with Crippen LogP contribution >= 0.6 is 0 Å². The van der Waals surface area contributed by atoms with E-state index in [1.807, 2.05) is 6.92 Å². The monoisotopic (exact) mass is 342 g/mol. The van der Waals surface area contributed by atoms with E-state index in [2.05, 4.69) is 26.7 Å². The molecule has 0 aromatic heterocycles. The molecule has 1 heteroatoms. The van der Waals surface area contributed by atoms with E-state index in [9.17, 15) is 5.11 Å². The standard InChI is InChI=1S/C24H38O/c1-6-24(5,25)21-10-9-19-18-8-7-17-15-16(2)11-13-22(17,3)20(18)12-14-23(19,21)4/h1,16-21,25H,7-15H2,2-5H3/t16-,17-,18?,19?,20?,21-,22-,23-,24?/m0/s1. The van der Waals surface area contributed by atoms with E-state index in [4.69, 9.17) is 6.42 Å². The Bertz CT molecular complexity index is 571. The number of fused-ring (bicyclic) bond motifs is 5. The van der Waals surface area contributed by atoms with E-state index in [0.717, 1.165) is 36.0 Å². The molecule has 0 aliphatic heterocycles. The fraction of sp³-hybridized carbons (Fsp3) is 0.917. The minimum atomic E-state index is -0.933. The van der Waals surface area contributed by atoms with Crippen LogP contribution in [0, 0.1) is 58.7 Å². The Labute approximate surface area is 155 Å². The van der Waals surface area contributed by atoms with Gasteiger partial charge in [0, 0.05) is 5.92 Å². The van der Waals surface area contributed by atoms with E-state index in [0.29, 0.717) is 5.41 Å². The zero-order valence-corrected chi connectivity index (χ0v) is 16.9. The van der Waals surface area contributed by atoms with Gasteiger partial charge in [-0.1, -0.05) is 33.1 Å². The van der Waals surface area contributed by atoms with Gasteiger partial charge in [-0.2, -0.15) is 0 Å². The molecule has 25 heavy (non-hydrogen) atoms. The Morgan fingerprint density at radius 1 is 0.960 bits per heavy atom. The normalized spacial score (nSPS) is 54.6. The van der Waals surface area contributed by atoms with E-state index in [1.54, 1.807) is 0 Å². The summed E-state index contributed by atoms with van der Waals surface area (Å²) in [6.07, 6.45) is 18.0. The van der Waals surface area contributed by atoms with Crippen molar-refractivity contribution in [3.63, 3.8) is 0 Å². The van der Waals surface area contributed by atoms with Crippen molar-refractivity contribution in [1.82, 2.24) is 0 Å². The van der Waals surface area contributed by atoms with Crippen molar-refractivity contribution in [3.05, 3.63) is 0 Å². The highest BCUT2D eigenvalue weighted by Gasteiger charge is 2.62. The molecular weight excluding hydrogens is 304 g/mol. The maximum Gasteiger partial charge on any atom is 0.125 e. The molecule has 4 aliphatic rings. The minimum Gasteiger partial charge on any atom is -0.378 e. The highest BCUT2D eigenvalue weighted by molar-refractivity contribution is 5.17. The Morgan fingerprint density at radius 3 is 2.36 bits per heavy atom. The summed E-state index contributed by atoms with van der Waals surface area (Å²) in [6.45, 7) is 9.47. The van der Waals surface area contributed by atoms with Crippen LogP contribution in [0.1, 0.15) is 85.5 Å². The zero-order chi connectivity index (χ0) is 18.0. The van der Waals surface area contributed by atoms with Crippen molar-refractivity contribution in [2.24, 2.45) is 46.3 Å². The first-order chi connectivity index (χ1) is 11.7. The molecule has 0 bridgehead atoms. The van der Waals surface area contributed by atoms with E-state index < -0.39 is 5.60 Å². The van der Waals surface area contributed by atoms with Crippen LogP contribution in [0.3, 0.4) is 0 Å². The molecule has 0 amide bonds. The number of hydrogen-bond acceptors (Lipinski definition) is 1. The molecule has 0 radical (unpaired) electrons. The van der Waals surface area contributed by atoms with Crippen LogP contribution in [-0.2, 0) is 0 Å². The summed E-state index contributed by atoms with van der Waals surface area (Å²) < 4.78 is 0. The lowest BCUT2D eigenvalue weighted by Crippen LogP contribution is -2.54. The molecule has 4 rings (SSSR count). The van der Waals surface area contributed by atoms with Crippen LogP contribution in [0.5, 0.6) is 0 Å². The summed E-state index contributed by atoms with van der Waals surface area (Å²) in [7, 11) is 0. The summed E-state index contributed by atoms with van der Waals surface area (Å²) in [6, 6.07) is 0. The molecule has 4 fully saturated rings. The minimum absolute atomic E-state index is 0.252. The predicted octanol–water partition coefficient (Wildman–Crippen LogP) is 5.67. The van der Waals surface area contributed by atoms with Gasteiger partial charge in [0.05, 0.1) is 0 Å². The lowest BCUT2D eigenvalue weighted by Gasteiger charge is -2.61. The molecule has 1 nitrogen and oxygen atoms in total. The number of aliphatic hydroxyl groups is 1. The topological polar surface area (TPSA) is 20.2 Å². The third-order valence-electron chi connectivity index (χ3n) is 9.90. The van der Waals surface area contributed by atoms with E-state index in [1.165, 1.54) is 51.4 Å². The summed E-state index contributed by atoms with van der Waals surface area (Å²) in [5.74, 6) is 7.50. The second-order valence-corrected chi connectivity index (χ2v) is 11.0. The summed E-state index contributed by atoms with van der Waals surface area (Å²) >= 11 is 0. The van der Waals surface area contributed by atoms with Crippen LogP contribution < -0.4 is 0 Å². The zero-order valence-electron chi connectivity index (χ0n) is 16.9. The summed E-state index contributed by atoms with van der Waals surface area (Å²) in [4.78, 5) is 0. The molecule has 0 heterocycles. The smallest absolute Gasteiger partial charge is 0.125 e. The molecule has 4 aliphatic carbocycles. The first-order valence-electron chi connectivity index (χ1n) is 10.9. The van der Waals surface area contributed by atoms with Gasteiger partial charge in [-0.05, 0) is 98.7 Å². The third kappa shape index (κ3) is 2.46. The van der Waals surface area contributed by atoms with Gasteiger partial charge in [0.15, 0.2) is 0 Å². The van der Waals surface area contributed by atoms with Gasteiger partial charge in [-0.3, -0.25) is 0 Å². The highest BCUT2D eigenvalue weighted by atomic mass is 16.3. The Morgan fingerprint density at radius 2 is 1.64 bits per heavy atom. The molecule has 4 unspecified atom stereocenters. The van der Waals surface area contributed by atoms with Crippen molar-refractivity contribution in [2.75, 3.05) is 0 Å². The number of hydrogen-bond donors (Lipinski definition) is 1. The summed E-state index contributed by atoms with van der Waals surface area (Å²) in [5, 5.41) is 10.9. The van der Waals surface area contributed by atoms with Crippen LogP contribution in [-0.4, -0.2) is 10.7 Å². The lowest BCUT2D eigenvalue weighted by atomic mass is 9.44. The van der Waals surface area contributed by atoms with Crippen molar-refractivity contribution in [1.29, 1.82) is 0 Å². The maximum atomic E-state index is 10.9. The molecule has 0 spiro atoms. The van der Waals surface area contributed by atoms with Gasteiger partial charge in [0.2, 0.25) is 0 Å². The van der Waals surface area contributed by atoms with Gasteiger partial charge in [-0.15, -0.1) is 6.42 Å². The maximum absolute atomic E-state index is 10.9. The van der Waals surface area contributed by atoms with Gasteiger partial charge in [0.1, 0.15) is 5.60 Å². The molecule has 0 aromatic carbocycles. The predicted molar refractivity (Wildman–Crippen MR) is 104 cm³/mol. The van der Waals surface area contributed by atoms with Gasteiger partial charge in [-0.25, -0.2) is 0 Å². The first-order valence-corrected chi connectivity index (χ1v) is 10.9. The molecule has 4 saturated carbocycles. The Hall–Kier alpha value is -0.480. The molecule has 1 N–H and O–H groups in total. The van der Waals surface area contributed by atoms with Crippen LogP contribution in [0.25, 0.3) is 0 Å². The van der Waals surface area contributed by atoms with Crippen LogP contribution in [0.15, 0.2) is 0 Å². The van der Waals surface area contributed by atoms with Gasteiger partial charge < -0.3 is 5.11 Å². The Balaban J connectivity index is 1.61. The largest absolute Gasteiger partial charge is 0.378 e. The van der Waals surface area contributed by atoms with Gasteiger partial charge in [0.25, 0.3) is 0 Å². The molecular formula is C24H38O. The lowest BCUT2D eigenvalue weighted by molar-refractivity contribution is -0.129. The fourth-order valence-corrected chi connectivity index (χ4v) is 8.50. The van der Waals surface area contributed by atoms with Crippen molar-refractivity contribution in [2.45, 2.75) is 91.1 Å². The van der Waals surface area contributed by atoms with E-state index in [-0.39, 0.29) is 11.3 Å². The fourth-order valence-electron chi connectivity index (χ4n) is 8.50. The molecule has 140 valence electrons. The van der Waals surface area contributed by atoms with Crippen molar-refractivity contribution < 1.29 is 5.11 Å². The average molecular weight is 343 g/mol. The third-order valence-corrected chi connectivity index (χ3v) is 9.90. The second kappa shape index (κ2) is 5.76. The van der Waals surface area contributed by atoms with E-state index >= 15 is 0 Å². The van der Waals surface area contributed by atoms with Gasteiger partial charge >= 0.3 is 0 Å². The number of terminal acetylenes is 1. The molecule has 0 saturated heterocycles. The molecule has 0 aromatic rings. The number of rotatable bonds is 1. The average Bonchev–Trinajstić information content (AvgIpc) is 2.93. The van der Waals surface area contributed by atoms with Crippen molar-refractivity contribution in [3.8, 4) is 12.3 Å². The molecule has 9 atom stereocenters.